The SMILES string of the molecule is CC(C)(C)C[C@H]1O[C@@H](n2cnc3c(N)ncnc32)C[C@@H]1OC(C)(C)C. The molecule has 138 valence electrons. The number of nitrogens with zero attached hydrogens (tertiary/aromatic N) is 4. The van der Waals surface area contributed by atoms with Gasteiger partial charge in [-0.15, -0.1) is 0 Å². The molecule has 0 aromatic carbocycles. The van der Waals surface area contributed by atoms with Gasteiger partial charge in [0.1, 0.15) is 18.1 Å². The molecule has 3 atom stereocenters. The smallest absolute Gasteiger partial charge is 0.167 e. The van der Waals surface area contributed by atoms with Crippen molar-refractivity contribution in [2.24, 2.45) is 5.41 Å². The summed E-state index contributed by atoms with van der Waals surface area (Å²) in [6, 6.07) is 0. The van der Waals surface area contributed by atoms with E-state index in [0.717, 1.165) is 12.8 Å². The Labute approximate surface area is 148 Å². The molecule has 0 amide bonds. The van der Waals surface area contributed by atoms with E-state index in [-0.39, 0.29) is 29.5 Å². The Balaban J connectivity index is 1.88. The monoisotopic (exact) mass is 347 g/mol. The standard InChI is InChI=1S/C18H29N5O2/c1-17(2,3)8-12-11(25-18(4,5)6)7-13(24-12)23-10-22-14-15(19)20-9-21-16(14)23/h9-13H,7-8H2,1-6H3,(H2,19,20,21)/t11-,12+,13+/m0/s1. The van der Waals surface area contributed by atoms with Crippen LogP contribution in [0.3, 0.4) is 0 Å². The maximum atomic E-state index is 6.39. The van der Waals surface area contributed by atoms with E-state index in [1.54, 1.807) is 6.33 Å². The van der Waals surface area contributed by atoms with Gasteiger partial charge >= 0.3 is 0 Å². The van der Waals surface area contributed by atoms with Crippen molar-refractivity contribution in [1.82, 2.24) is 19.5 Å². The topological polar surface area (TPSA) is 88.1 Å². The van der Waals surface area contributed by atoms with Gasteiger partial charge in [0, 0.05) is 6.42 Å². The van der Waals surface area contributed by atoms with Gasteiger partial charge in [-0.2, -0.15) is 0 Å². The number of imidazole rings is 1. The summed E-state index contributed by atoms with van der Waals surface area (Å²) in [5.74, 6) is 0.385. The lowest BCUT2D eigenvalue weighted by molar-refractivity contribution is -0.102. The summed E-state index contributed by atoms with van der Waals surface area (Å²) in [6.45, 7) is 12.9. The first-order chi connectivity index (χ1) is 11.5. The minimum atomic E-state index is -0.220. The van der Waals surface area contributed by atoms with Crippen molar-refractivity contribution in [3.63, 3.8) is 0 Å². The third-order valence-corrected chi connectivity index (χ3v) is 4.20. The van der Waals surface area contributed by atoms with Crippen LogP contribution in [0.15, 0.2) is 12.7 Å². The maximum absolute atomic E-state index is 6.39. The van der Waals surface area contributed by atoms with Crippen LogP contribution in [0.1, 0.15) is 60.6 Å². The zero-order valence-corrected chi connectivity index (χ0v) is 16.0. The number of hydrogen-bond donors (Lipinski definition) is 1. The van der Waals surface area contributed by atoms with Gasteiger partial charge in [0.05, 0.1) is 24.1 Å². The van der Waals surface area contributed by atoms with Gasteiger partial charge in [0.25, 0.3) is 0 Å². The molecule has 1 fully saturated rings. The first kappa shape index (κ1) is 18.1. The summed E-state index contributed by atoms with van der Waals surface area (Å²) in [6.07, 6.45) is 4.76. The Morgan fingerprint density at radius 3 is 2.56 bits per heavy atom. The lowest BCUT2D eigenvalue weighted by atomic mass is 9.87. The molecule has 0 saturated carbocycles. The highest BCUT2D eigenvalue weighted by molar-refractivity contribution is 5.81. The van der Waals surface area contributed by atoms with Crippen molar-refractivity contribution < 1.29 is 9.47 Å². The fourth-order valence-electron chi connectivity index (χ4n) is 3.32. The molecule has 2 N–H and O–H groups in total. The van der Waals surface area contributed by atoms with E-state index in [1.807, 2.05) is 4.57 Å². The number of fused-ring (bicyclic) bond motifs is 1. The van der Waals surface area contributed by atoms with Crippen molar-refractivity contribution in [3.8, 4) is 0 Å². The summed E-state index contributed by atoms with van der Waals surface area (Å²) < 4.78 is 14.6. The van der Waals surface area contributed by atoms with Gasteiger partial charge in [-0.3, -0.25) is 4.57 Å². The molecule has 7 nitrogen and oxygen atoms in total. The number of nitrogen functional groups attached to an aromatic ring is 1. The first-order valence-electron chi connectivity index (χ1n) is 8.80. The molecule has 0 aliphatic carbocycles. The Morgan fingerprint density at radius 1 is 1.20 bits per heavy atom. The molecule has 3 rings (SSSR count). The highest BCUT2D eigenvalue weighted by atomic mass is 16.6. The Hall–Kier alpha value is -1.73. The summed E-state index contributed by atoms with van der Waals surface area (Å²) in [5, 5.41) is 0. The normalized spacial score (nSPS) is 25.0. The minimum Gasteiger partial charge on any atom is -0.382 e. The molecule has 25 heavy (non-hydrogen) atoms. The Morgan fingerprint density at radius 2 is 1.92 bits per heavy atom. The fraction of sp³-hybridized carbons (Fsp3) is 0.722. The third kappa shape index (κ3) is 4.10. The van der Waals surface area contributed by atoms with Crippen LogP contribution in [-0.2, 0) is 9.47 Å². The lowest BCUT2D eigenvalue weighted by Crippen LogP contribution is -2.35. The second-order valence-corrected chi connectivity index (χ2v) is 8.98. The molecule has 2 aromatic rings. The quantitative estimate of drug-likeness (QED) is 0.916. The number of aromatic nitrogens is 4. The summed E-state index contributed by atoms with van der Waals surface area (Å²) in [4.78, 5) is 12.7. The first-order valence-corrected chi connectivity index (χ1v) is 8.80. The van der Waals surface area contributed by atoms with E-state index in [9.17, 15) is 0 Å². The van der Waals surface area contributed by atoms with Crippen LogP contribution >= 0.6 is 0 Å². The zero-order valence-electron chi connectivity index (χ0n) is 16.0. The van der Waals surface area contributed by atoms with Crippen LogP contribution in [0.5, 0.6) is 0 Å². The molecule has 3 heterocycles. The van der Waals surface area contributed by atoms with Gasteiger partial charge in [-0.25, -0.2) is 15.0 Å². The number of anilines is 1. The second-order valence-electron chi connectivity index (χ2n) is 8.98. The Kier molecular flexibility index (Phi) is 4.49. The number of nitrogens with two attached hydrogens (primary N) is 1. The third-order valence-electron chi connectivity index (χ3n) is 4.20. The van der Waals surface area contributed by atoms with Gasteiger partial charge < -0.3 is 15.2 Å². The zero-order chi connectivity index (χ0) is 18.4. The van der Waals surface area contributed by atoms with E-state index in [1.165, 1.54) is 6.33 Å². The van der Waals surface area contributed by atoms with Crippen molar-refractivity contribution in [2.45, 2.75) is 78.4 Å². The number of hydrogen-bond acceptors (Lipinski definition) is 6. The van der Waals surface area contributed by atoms with Crippen molar-refractivity contribution in [1.29, 1.82) is 0 Å². The van der Waals surface area contributed by atoms with E-state index in [0.29, 0.717) is 17.0 Å². The van der Waals surface area contributed by atoms with Gasteiger partial charge in [0.2, 0.25) is 0 Å². The minimum absolute atomic E-state index is 0.0286. The summed E-state index contributed by atoms with van der Waals surface area (Å²) in [5.41, 5.74) is 7.14. The molecule has 7 heteroatoms. The average Bonchev–Trinajstić information content (AvgIpc) is 3.01. The molecule has 2 aromatic heterocycles. The van der Waals surface area contributed by atoms with Crippen LogP contribution in [-0.4, -0.2) is 37.3 Å². The molecule has 1 aliphatic rings. The maximum Gasteiger partial charge on any atom is 0.167 e. The molecule has 1 aliphatic heterocycles. The van der Waals surface area contributed by atoms with Gasteiger partial charge in [0.15, 0.2) is 11.5 Å². The van der Waals surface area contributed by atoms with E-state index in [2.05, 4.69) is 56.5 Å². The molecule has 1 saturated heterocycles. The fourth-order valence-corrected chi connectivity index (χ4v) is 3.32. The van der Waals surface area contributed by atoms with Crippen molar-refractivity contribution in [3.05, 3.63) is 12.7 Å². The molecular formula is C18H29N5O2. The van der Waals surface area contributed by atoms with Gasteiger partial charge in [-0.1, -0.05) is 20.8 Å². The van der Waals surface area contributed by atoms with E-state index in [4.69, 9.17) is 15.2 Å². The number of ether oxygens (including phenoxy) is 2. The molecule has 0 bridgehead atoms. The molecule has 0 spiro atoms. The average molecular weight is 347 g/mol. The number of rotatable bonds is 3. The van der Waals surface area contributed by atoms with Crippen LogP contribution in [0.25, 0.3) is 11.2 Å². The highest BCUT2D eigenvalue weighted by Crippen LogP contribution is 2.39. The van der Waals surface area contributed by atoms with Crippen molar-refractivity contribution in [2.75, 3.05) is 5.73 Å². The van der Waals surface area contributed by atoms with E-state index >= 15 is 0 Å². The predicted octanol–water partition coefficient (Wildman–Crippen LogP) is 3.32. The van der Waals surface area contributed by atoms with Gasteiger partial charge in [-0.05, 0) is 32.6 Å². The Bertz CT molecular complexity index is 720. The van der Waals surface area contributed by atoms with Crippen molar-refractivity contribution >= 4 is 17.0 Å². The molecule has 0 radical (unpaired) electrons. The molecular weight excluding hydrogens is 318 g/mol. The van der Waals surface area contributed by atoms with E-state index < -0.39 is 0 Å². The van der Waals surface area contributed by atoms with Crippen LogP contribution in [0, 0.1) is 5.41 Å². The summed E-state index contributed by atoms with van der Waals surface area (Å²) in [7, 11) is 0. The highest BCUT2D eigenvalue weighted by Gasteiger charge is 2.41. The largest absolute Gasteiger partial charge is 0.382 e. The summed E-state index contributed by atoms with van der Waals surface area (Å²) >= 11 is 0. The van der Waals surface area contributed by atoms with Crippen LogP contribution < -0.4 is 5.73 Å². The molecule has 0 unspecified atom stereocenters. The van der Waals surface area contributed by atoms with Crippen LogP contribution in [0.2, 0.25) is 0 Å². The second kappa shape index (κ2) is 6.21. The van der Waals surface area contributed by atoms with Crippen LogP contribution in [0.4, 0.5) is 5.82 Å². The predicted molar refractivity (Wildman–Crippen MR) is 97.0 cm³/mol. The lowest BCUT2D eigenvalue weighted by Gasteiger charge is -2.31.